The third kappa shape index (κ3) is 3.28. The monoisotopic (exact) mass is 226 g/mol. The van der Waals surface area contributed by atoms with Crippen LogP contribution in [0.15, 0.2) is 0 Å². The van der Waals surface area contributed by atoms with Crippen LogP contribution in [0.3, 0.4) is 0 Å². The third-order valence-corrected chi connectivity index (χ3v) is 2.95. The van der Waals surface area contributed by atoms with Gasteiger partial charge in [0.25, 0.3) is 0 Å². The lowest BCUT2D eigenvalue weighted by Gasteiger charge is -2.21. The average Bonchev–Trinajstić information content (AvgIpc) is 2.55. The van der Waals surface area contributed by atoms with Crippen molar-refractivity contribution in [3.05, 3.63) is 11.6 Å². The third-order valence-electron chi connectivity index (χ3n) is 2.95. The molecule has 1 aromatic heterocycles. The molecule has 1 aromatic rings. The van der Waals surface area contributed by atoms with Crippen molar-refractivity contribution in [3.63, 3.8) is 0 Å². The molecule has 0 fully saturated rings. The summed E-state index contributed by atoms with van der Waals surface area (Å²) in [6.45, 7) is 7.14. The van der Waals surface area contributed by atoms with Gasteiger partial charge in [-0.2, -0.15) is 0 Å². The Kier molecular flexibility index (Phi) is 4.89. The molecular weight excluding hydrogens is 204 g/mol. The minimum atomic E-state index is 0.216. The molecule has 0 aliphatic carbocycles. The van der Waals surface area contributed by atoms with Crippen LogP contribution in [0.5, 0.6) is 0 Å². The molecule has 1 heterocycles. The maximum absolute atomic E-state index is 8.97. The van der Waals surface area contributed by atoms with E-state index in [0.717, 1.165) is 18.1 Å². The quantitative estimate of drug-likeness (QED) is 0.746. The SMILES string of the molecule is Cc1nnc(CNC(CCO)C(C)C)n1C. The van der Waals surface area contributed by atoms with E-state index in [1.807, 2.05) is 18.5 Å². The fourth-order valence-corrected chi connectivity index (χ4v) is 1.64. The van der Waals surface area contributed by atoms with Crippen LogP contribution in [-0.4, -0.2) is 32.5 Å². The van der Waals surface area contributed by atoms with Crippen LogP contribution in [0.2, 0.25) is 0 Å². The van der Waals surface area contributed by atoms with Gasteiger partial charge in [0.05, 0.1) is 6.54 Å². The predicted octanol–water partition coefficient (Wildman–Crippen LogP) is 0.620. The molecule has 5 nitrogen and oxygen atoms in total. The van der Waals surface area contributed by atoms with E-state index in [1.165, 1.54) is 0 Å². The zero-order valence-electron chi connectivity index (χ0n) is 10.6. The second kappa shape index (κ2) is 5.96. The Hall–Kier alpha value is -0.940. The molecule has 92 valence electrons. The first-order chi connectivity index (χ1) is 7.56. The molecule has 0 aliphatic heterocycles. The highest BCUT2D eigenvalue weighted by atomic mass is 16.3. The summed E-state index contributed by atoms with van der Waals surface area (Å²) in [4.78, 5) is 0. The lowest BCUT2D eigenvalue weighted by molar-refractivity contribution is 0.243. The summed E-state index contributed by atoms with van der Waals surface area (Å²) < 4.78 is 1.98. The van der Waals surface area contributed by atoms with Crippen molar-refractivity contribution < 1.29 is 5.11 Å². The summed E-state index contributed by atoms with van der Waals surface area (Å²) in [6.07, 6.45) is 0.772. The van der Waals surface area contributed by atoms with Crippen LogP contribution < -0.4 is 5.32 Å². The minimum absolute atomic E-state index is 0.216. The molecule has 0 saturated carbocycles. The van der Waals surface area contributed by atoms with Gasteiger partial charge in [-0.3, -0.25) is 0 Å². The Morgan fingerprint density at radius 3 is 2.50 bits per heavy atom. The van der Waals surface area contributed by atoms with Crippen molar-refractivity contribution in [1.82, 2.24) is 20.1 Å². The van der Waals surface area contributed by atoms with Crippen molar-refractivity contribution >= 4 is 0 Å². The standard InChI is InChI=1S/C11H22N4O/c1-8(2)10(5-6-16)12-7-11-14-13-9(3)15(11)4/h8,10,12,16H,5-7H2,1-4H3. The molecule has 16 heavy (non-hydrogen) atoms. The Morgan fingerprint density at radius 2 is 2.06 bits per heavy atom. The van der Waals surface area contributed by atoms with E-state index >= 15 is 0 Å². The van der Waals surface area contributed by atoms with E-state index in [4.69, 9.17) is 5.11 Å². The summed E-state index contributed by atoms with van der Waals surface area (Å²) in [6, 6.07) is 0.321. The fraction of sp³-hybridized carbons (Fsp3) is 0.818. The highest BCUT2D eigenvalue weighted by Gasteiger charge is 2.13. The number of hydrogen-bond acceptors (Lipinski definition) is 4. The number of nitrogens with zero attached hydrogens (tertiary/aromatic N) is 3. The number of aliphatic hydroxyl groups is 1. The molecule has 0 radical (unpaired) electrons. The highest BCUT2D eigenvalue weighted by Crippen LogP contribution is 2.07. The van der Waals surface area contributed by atoms with Crippen LogP contribution >= 0.6 is 0 Å². The van der Waals surface area contributed by atoms with Gasteiger partial charge in [-0.15, -0.1) is 10.2 Å². The van der Waals surface area contributed by atoms with Crippen LogP contribution in [0.4, 0.5) is 0 Å². The smallest absolute Gasteiger partial charge is 0.146 e. The van der Waals surface area contributed by atoms with E-state index in [0.29, 0.717) is 18.5 Å². The maximum atomic E-state index is 8.97. The first kappa shape index (κ1) is 13.1. The molecule has 0 bridgehead atoms. The van der Waals surface area contributed by atoms with E-state index in [-0.39, 0.29) is 6.61 Å². The minimum Gasteiger partial charge on any atom is -0.396 e. The van der Waals surface area contributed by atoms with Crippen molar-refractivity contribution in [3.8, 4) is 0 Å². The Morgan fingerprint density at radius 1 is 1.38 bits per heavy atom. The molecular formula is C11H22N4O. The lowest BCUT2D eigenvalue weighted by atomic mass is 10.0. The van der Waals surface area contributed by atoms with Crippen molar-refractivity contribution in [1.29, 1.82) is 0 Å². The van der Waals surface area contributed by atoms with Gasteiger partial charge < -0.3 is 15.0 Å². The first-order valence-electron chi connectivity index (χ1n) is 5.75. The molecule has 5 heteroatoms. The molecule has 1 rings (SSSR count). The normalized spacial score (nSPS) is 13.4. The van der Waals surface area contributed by atoms with Gasteiger partial charge in [-0.25, -0.2) is 0 Å². The number of aliphatic hydroxyl groups excluding tert-OH is 1. The van der Waals surface area contributed by atoms with Crippen molar-refractivity contribution in [2.75, 3.05) is 6.61 Å². The predicted molar refractivity (Wildman–Crippen MR) is 62.9 cm³/mol. The van der Waals surface area contributed by atoms with Crippen LogP contribution in [0, 0.1) is 12.8 Å². The molecule has 0 amide bonds. The molecule has 1 atom stereocenters. The van der Waals surface area contributed by atoms with Gasteiger partial charge in [-0.1, -0.05) is 13.8 Å². The van der Waals surface area contributed by atoms with Gasteiger partial charge in [0, 0.05) is 19.7 Å². The second-order valence-electron chi connectivity index (χ2n) is 4.47. The summed E-state index contributed by atoms with van der Waals surface area (Å²) in [5.41, 5.74) is 0. The first-order valence-corrected chi connectivity index (χ1v) is 5.75. The van der Waals surface area contributed by atoms with Gasteiger partial charge in [0.2, 0.25) is 0 Å². The van der Waals surface area contributed by atoms with Crippen LogP contribution in [0.1, 0.15) is 31.9 Å². The molecule has 0 spiro atoms. The fourth-order valence-electron chi connectivity index (χ4n) is 1.64. The molecule has 1 unspecified atom stereocenters. The Balaban J connectivity index is 2.52. The molecule has 0 saturated heterocycles. The van der Waals surface area contributed by atoms with Gasteiger partial charge in [0.15, 0.2) is 0 Å². The highest BCUT2D eigenvalue weighted by molar-refractivity contribution is 4.92. The summed E-state index contributed by atoms with van der Waals surface area (Å²) >= 11 is 0. The lowest BCUT2D eigenvalue weighted by Crippen LogP contribution is -2.35. The summed E-state index contributed by atoms with van der Waals surface area (Å²) in [5, 5.41) is 20.5. The maximum Gasteiger partial charge on any atom is 0.146 e. The van der Waals surface area contributed by atoms with Gasteiger partial charge in [-0.05, 0) is 19.3 Å². The van der Waals surface area contributed by atoms with Crippen LogP contribution in [-0.2, 0) is 13.6 Å². The summed E-state index contributed by atoms with van der Waals surface area (Å²) in [7, 11) is 1.96. The van der Waals surface area contributed by atoms with E-state index in [9.17, 15) is 0 Å². The molecule has 0 aromatic carbocycles. The van der Waals surface area contributed by atoms with E-state index in [2.05, 4.69) is 29.4 Å². The number of nitrogens with one attached hydrogen (secondary N) is 1. The number of aryl methyl sites for hydroxylation is 1. The number of hydrogen-bond donors (Lipinski definition) is 2. The second-order valence-corrected chi connectivity index (χ2v) is 4.47. The van der Waals surface area contributed by atoms with Gasteiger partial charge in [0.1, 0.15) is 11.6 Å². The zero-order chi connectivity index (χ0) is 12.1. The zero-order valence-corrected chi connectivity index (χ0v) is 10.6. The van der Waals surface area contributed by atoms with Crippen molar-refractivity contribution in [2.24, 2.45) is 13.0 Å². The Bertz CT molecular complexity index is 322. The topological polar surface area (TPSA) is 63.0 Å². The summed E-state index contributed by atoms with van der Waals surface area (Å²) in [5.74, 6) is 2.35. The molecule has 2 N–H and O–H groups in total. The van der Waals surface area contributed by atoms with E-state index < -0.39 is 0 Å². The number of rotatable bonds is 6. The van der Waals surface area contributed by atoms with Gasteiger partial charge >= 0.3 is 0 Å². The van der Waals surface area contributed by atoms with Crippen LogP contribution in [0.25, 0.3) is 0 Å². The average molecular weight is 226 g/mol. The van der Waals surface area contributed by atoms with E-state index in [1.54, 1.807) is 0 Å². The van der Waals surface area contributed by atoms with Crippen molar-refractivity contribution in [2.45, 2.75) is 39.8 Å². The largest absolute Gasteiger partial charge is 0.396 e. The Labute approximate surface area is 96.9 Å². The number of aromatic nitrogens is 3. The molecule has 0 aliphatic rings.